The van der Waals surface area contributed by atoms with Crippen LogP contribution in [0.15, 0.2) is 24.3 Å². The lowest BCUT2D eigenvalue weighted by molar-refractivity contribution is 0.0690. The molecule has 0 aromatic heterocycles. The average molecular weight is 339 g/mol. The van der Waals surface area contributed by atoms with Gasteiger partial charge < -0.3 is 10.2 Å². The van der Waals surface area contributed by atoms with Crippen LogP contribution in [0.2, 0.25) is 0 Å². The van der Waals surface area contributed by atoms with Crippen LogP contribution >= 0.6 is 12.4 Å². The summed E-state index contributed by atoms with van der Waals surface area (Å²) in [5, 5.41) is 3.41. The first-order chi connectivity index (χ1) is 10.4. The van der Waals surface area contributed by atoms with Gasteiger partial charge in [-0.25, -0.2) is 0 Å². The molecule has 23 heavy (non-hydrogen) atoms. The largest absolute Gasteiger partial charge is 0.339 e. The number of halogens is 1. The fourth-order valence-corrected chi connectivity index (χ4v) is 2.98. The zero-order valence-corrected chi connectivity index (χ0v) is 15.7. The molecule has 2 rings (SSSR count). The van der Waals surface area contributed by atoms with Gasteiger partial charge in [0.05, 0.1) is 0 Å². The molecule has 0 aliphatic carbocycles. The third-order valence-electron chi connectivity index (χ3n) is 4.58. The first-order valence-electron chi connectivity index (χ1n) is 8.52. The summed E-state index contributed by atoms with van der Waals surface area (Å²) < 4.78 is 0. The van der Waals surface area contributed by atoms with Gasteiger partial charge in [-0.1, -0.05) is 39.8 Å². The number of nitrogens with one attached hydrogen (secondary N) is 1. The Bertz CT molecular complexity index is 485. The normalized spacial score (nSPS) is 16.1. The first-order valence-corrected chi connectivity index (χ1v) is 8.52. The summed E-state index contributed by atoms with van der Waals surface area (Å²) in [4.78, 5) is 14.6. The van der Waals surface area contributed by atoms with Crippen LogP contribution in [0, 0.1) is 5.92 Å². The number of benzene rings is 1. The van der Waals surface area contributed by atoms with Gasteiger partial charge in [-0.3, -0.25) is 4.79 Å². The minimum atomic E-state index is 0. The highest BCUT2D eigenvalue weighted by molar-refractivity contribution is 5.94. The Morgan fingerprint density at radius 2 is 1.74 bits per heavy atom. The van der Waals surface area contributed by atoms with E-state index >= 15 is 0 Å². The number of carbonyl (C=O) groups excluding carboxylic acids is 1. The summed E-state index contributed by atoms with van der Waals surface area (Å²) in [5.74, 6) is 0.898. The lowest BCUT2D eigenvalue weighted by atomic mass is 9.86. The van der Waals surface area contributed by atoms with E-state index in [-0.39, 0.29) is 23.7 Å². The molecule has 130 valence electrons. The Morgan fingerprint density at radius 3 is 2.22 bits per heavy atom. The van der Waals surface area contributed by atoms with Gasteiger partial charge in [0.2, 0.25) is 0 Å². The third-order valence-corrected chi connectivity index (χ3v) is 4.58. The van der Waals surface area contributed by atoms with E-state index in [1.165, 1.54) is 5.56 Å². The number of nitrogens with zero attached hydrogens (tertiary/aromatic N) is 1. The molecule has 0 saturated carbocycles. The van der Waals surface area contributed by atoms with E-state index in [9.17, 15) is 4.79 Å². The molecule has 0 radical (unpaired) electrons. The predicted molar refractivity (Wildman–Crippen MR) is 99.6 cm³/mol. The standard InChI is InChI=1S/C19H30N2O.ClH/c1-5-20-14-15-10-12-21(13-11-15)18(22)16-6-8-17(9-7-16)19(2,3)4;/h6-9,15,20H,5,10-14H2,1-4H3;1H. The van der Waals surface area contributed by atoms with Gasteiger partial charge >= 0.3 is 0 Å². The van der Waals surface area contributed by atoms with Crippen molar-refractivity contribution in [2.24, 2.45) is 5.92 Å². The van der Waals surface area contributed by atoms with Crippen LogP contribution in [-0.4, -0.2) is 37.0 Å². The summed E-state index contributed by atoms with van der Waals surface area (Å²) >= 11 is 0. The molecule has 1 N–H and O–H groups in total. The monoisotopic (exact) mass is 338 g/mol. The molecule has 1 aliphatic rings. The van der Waals surface area contributed by atoms with Crippen molar-refractivity contribution in [3.8, 4) is 0 Å². The molecule has 1 heterocycles. The Morgan fingerprint density at radius 1 is 1.17 bits per heavy atom. The molecule has 1 aromatic rings. The molecule has 0 spiro atoms. The molecule has 0 bridgehead atoms. The molecule has 1 aliphatic heterocycles. The minimum absolute atomic E-state index is 0. The highest BCUT2D eigenvalue weighted by atomic mass is 35.5. The number of piperidine rings is 1. The second kappa shape index (κ2) is 8.70. The van der Waals surface area contributed by atoms with E-state index in [0.29, 0.717) is 5.92 Å². The molecule has 1 saturated heterocycles. The summed E-state index contributed by atoms with van der Waals surface area (Å²) in [5.41, 5.74) is 2.22. The smallest absolute Gasteiger partial charge is 0.253 e. The van der Waals surface area contributed by atoms with Gasteiger partial charge in [-0.05, 0) is 55.0 Å². The highest BCUT2D eigenvalue weighted by Gasteiger charge is 2.23. The average Bonchev–Trinajstić information content (AvgIpc) is 2.52. The molecule has 1 fully saturated rings. The number of hydrogen-bond acceptors (Lipinski definition) is 2. The molecule has 0 unspecified atom stereocenters. The Labute approximate surface area is 147 Å². The second-order valence-electron chi connectivity index (χ2n) is 7.37. The zero-order valence-electron chi connectivity index (χ0n) is 14.9. The lowest BCUT2D eigenvalue weighted by Gasteiger charge is -2.32. The number of likely N-dealkylation sites (tertiary alicyclic amines) is 1. The number of rotatable bonds is 4. The fourth-order valence-electron chi connectivity index (χ4n) is 2.98. The maximum Gasteiger partial charge on any atom is 0.253 e. The minimum Gasteiger partial charge on any atom is -0.339 e. The maximum absolute atomic E-state index is 12.6. The van der Waals surface area contributed by atoms with Crippen LogP contribution < -0.4 is 5.32 Å². The van der Waals surface area contributed by atoms with Crippen molar-refractivity contribution in [3.05, 3.63) is 35.4 Å². The Hall–Kier alpha value is -1.06. The molecular formula is C19H31ClN2O. The van der Waals surface area contributed by atoms with Gasteiger partial charge in [0.15, 0.2) is 0 Å². The Balaban J connectivity index is 0.00000264. The van der Waals surface area contributed by atoms with E-state index in [2.05, 4.69) is 45.1 Å². The van der Waals surface area contributed by atoms with E-state index < -0.39 is 0 Å². The van der Waals surface area contributed by atoms with Crippen molar-refractivity contribution >= 4 is 18.3 Å². The number of amides is 1. The van der Waals surface area contributed by atoms with Crippen molar-refractivity contribution in [2.45, 2.75) is 46.0 Å². The van der Waals surface area contributed by atoms with Gasteiger partial charge in [0.25, 0.3) is 5.91 Å². The van der Waals surface area contributed by atoms with Crippen molar-refractivity contribution in [3.63, 3.8) is 0 Å². The SMILES string of the molecule is CCNCC1CCN(C(=O)c2ccc(C(C)(C)C)cc2)CC1.Cl. The predicted octanol–water partition coefficient (Wildman–Crippen LogP) is 3.87. The summed E-state index contributed by atoms with van der Waals surface area (Å²) in [6.07, 6.45) is 2.22. The molecule has 0 atom stereocenters. The van der Waals surface area contributed by atoms with Crippen molar-refractivity contribution in [2.75, 3.05) is 26.2 Å². The fraction of sp³-hybridized carbons (Fsp3) is 0.632. The van der Waals surface area contributed by atoms with Gasteiger partial charge in [-0.2, -0.15) is 0 Å². The van der Waals surface area contributed by atoms with Gasteiger partial charge in [0.1, 0.15) is 0 Å². The summed E-state index contributed by atoms with van der Waals surface area (Å²) in [6, 6.07) is 8.14. The molecule has 3 nitrogen and oxygen atoms in total. The highest BCUT2D eigenvalue weighted by Crippen LogP contribution is 2.23. The lowest BCUT2D eigenvalue weighted by Crippen LogP contribution is -2.40. The summed E-state index contributed by atoms with van der Waals surface area (Å²) in [7, 11) is 0. The van der Waals surface area contributed by atoms with E-state index in [0.717, 1.165) is 44.6 Å². The topological polar surface area (TPSA) is 32.3 Å². The maximum atomic E-state index is 12.6. The number of hydrogen-bond donors (Lipinski definition) is 1. The van der Waals surface area contributed by atoms with Crippen LogP contribution in [0.4, 0.5) is 0 Å². The van der Waals surface area contributed by atoms with Crippen LogP contribution in [0.5, 0.6) is 0 Å². The molecule has 4 heteroatoms. The van der Waals surface area contributed by atoms with Crippen molar-refractivity contribution in [1.82, 2.24) is 10.2 Å². The quantitative estimate of drug-likeness (QED) is 0.903. The van der Waals surface area contributed by atoms with Crippen molar-refractivity contribution in [1.29, 1.82) is 0 Å². The third kappa shape index (κ3) is 5.50. The first kappa shape index (κ1) is 20.0. The molecule has 1 aromatic carbocycles. The molecular weight excluding hydrogens is 308 g/mol. The van der Waals surface area contributed by atoms with Crippen LogP contribution in [0.3, 0.4) is 0 Å². The second-order valence-corrected chi connectivity index (χ2v) is 7.37. The van der Waals surface area contributed by atoms with Crippen LogP contribution in [0.1, 0.15) is 56.5 Å². The zero-order chi connectivity index (χ0) is 16.2. The summed E-state index contributed by atoms with van der Waals surface area (Å²) in [6.45, 7) is 12.6. The molecule has 1 amide bonds. The van der Waals surface area contributed by atoms with Gasteiger partial charge in [-0.15, -0.1) is 12.4 Å². The van der Waals surface area contributed by atoms with Gasteiger partial charge in [0, 0.05) is 18.7 Å². The van der Waals surface area contributed by atoms with Crippen LogP contribution in [0.25, 0.3) is 0 Å². The van der Waals surface area contributed by atoms with E-state index in [1.54, 1.807) is 0 Å². The Kier molecular flexibility index (Phi) is 7.56. The van der Waals surface area contributed by atoms with Crippen molar-refractivity contribution < 1.29 is 4.79 Å². The van der Waals surface area contributed by atoms with E-state index in [1.807, 2.05) is 17.0 Å². The van der Waals surface area contributed by atoms with E-state index in [4.69, 9.17) is 0 Å². The number of carbonyl (C=O) groups is 1. The van der Waals surface area contributed by atoms with Crippen LogP contribution in [-0.2, 0) is 5.41 Å².